The van der Waals surface area contributed by atoms with Gasteiger partial charge in [-0.2, -0.15) is 0 Å². The summed E-state index contributed by atoms with van der Waals surface area (Å²) in [6.07, 6.45) is 0. The summed E-state index contributed by atoms with van der Waals surface area (Å²) in [5.41, 5.74) is 2.64. The van der Waals surface area contributed by atoms with Crippen molar-refractivity contribution in [2.45, 2.75) is 13.0 Å². The largest absolute Gasteiger partial charge is 0.507 e. The quantitative estimate of drug-likeness (QED) is 0.220. The number of benzene rings is 3. The van der Waals surface area contributed by atoms with Crippen LogP contribution in [0.15, 0.2) is 72.3 Å². The van der Waals surface area contributed by atoms with Crippen LogP contribution < -0.4 is 9.64 Å². The number of amides is 1. The van der Waals surface area contributed by atoms with Crippen molar-refractivity contribution in [1.29, 1.82) is 0 Å². The van der Waals surface area contributed by atoms with Crippen LogP contribution in [0.1, 0.15) is 33.1 Å². The van der Waals surface area contributed by atoms with E-state index in [9.17, 15) is 24.6 Å². The second-order valence-corrected chi connectivity index (χ2v) is 8.41. The number of aliphatic hydroxyl groups is 1. The van der Waals surface area contributed by atoms with E-state index >= 15 is 0 Å². The van der Waals surface area contributed by atoms with Crippen LogP contribution >= 0.6 is 0 Å². The highest BCUT2D eigenvalue weighted by atomic mass is 16.5. The van der Waals surface area contributed by atoms with E-state index in [1.54, 1.807) is 48.5 Å². The Morgan fingerprint density at radius 1 is 1.00 bits per heavy atom. The molecule has 0 aliphatic carbocycles. The molecule has 0 saturated carbocycles. The number of imidazole rings is 1. The Kier molecular flexibility index (Phi) is 5.52. The number of ketones is 1. The third-order valence-electron chi connectivity index (χ3n) is 6.12. The molecule has 9 nitrogen and oxygen atoms in total. The lowest BCUT2D eigenvalue weighted by Gasteiger charge is -2.23. The summed E-state index contributed by atoms with van der Waals surface area (Å²) in [6.45, 7) is 1.90. The fourth-order valence-corrected chi connectivity index (χ4v) is 4.29. The van der Waals surface area contributed by atoms with Crippen molar-refractivity contribution in [2.75, 3.05) is 12.0 Å². The maximum absolute atomic E-state index is 13.3. The molecular weight excluding hydrogens is 462 g/mol. The third-order valence-corrected chi connectivity index (χ3v) is 6.12. The number of methoxy groups -OCH3 is 1. The molecule has 1 aliphatic heterocycles. The van der Waals surface area contributed by atoms with Crippen molar-refractivity contribution < 1.29 is 29.3 Å². The summed E-state index contributed by atoms with van der Waals surface area (Å²) < 4.78 is 5.34. The second kappa shape index (κ2) is 8.70. The van der Waals surface area contributed by atoms with E-state index in [2.05, 4.69) is 9.97 Å². The SMILES string of the molecule is COc1cccc(C2/C(=C(\O)c3ccc(C)cc3)C(=O)C(=O)N2c2nc3ccc(C(=O)O)cc3[nH]2)c1. The number of carbonyl (C=O) groups is 3. The van der Waals surface area contributed by atoms with Gasteiger partial charge in [-0.1, -0.05) is 42.0 Å². The highest BCUT2D eigenvalue weighted by molar-refractivity contribution is 6.51. The molecule has 1 atom stereocenters. The first-order valence-corrected chi connectivity index (χ1v) is 11.0. The Labute approximate surface area is 205 Å². The molecule has 9 heteroatoms. The van der Waals surface area contributed by atoms with Crippen molar-refractivity contribution in [3.63, 3.8) is 0 Å². The molecular formula is C27H21N3O6. The second-order valence-electron chi connectivity index (χ2n) is 8.41. The van der Waals surface area contributed by atoms with Crippen molar-refractivity contribution in [3.05, 3.63) is 94.6 Å². The van der Waals surface area contributed by atoms with Gasteiger partial charge in [-0.15, -0.1) is 0 Å². The van der Waals surface area contributed by atoms with Crippen LogP contribution in [0.25, 0.3) is 16.8 Å². The van der Waals surface area contributed by atoms with Gasteiger partial charge in [0.2, 0.25) is 5.95 Å². The van der Waals surface area contributed by atoms with Crippen molar-refractivity contribution in [1.82, 2.24) is 9.97 Å². The van der Waals surface area contributed by atoms with E-state index < -0.39 is 23.7 Å². The number of H-pyrrole nitrogens is 1. The number of hydrogen-bond acceptors (Lipinski definition) is 6. The number of nitrogens with zero attached hydrogens (tertiary/aromatic N) is 2. The summed E-state index contributed by atoms with van der Waals surface area (Å²) in [5, 5.41) is 20.5. The number of anilines is 1. The lowest BCUT2D eigenvalue weighted by molar-refractivity contribution is -0.132. The number of carboxylic acids is 1. The number of rotatable bonds is 5. The van der Waals surface area contributed by atoms with Crippen LogP contribution in [0.3, 0.4) is 0 Å². The number of nitrogens with one attached hydrogen (secondary N) is 1. The number of aromatic nitrogens is 2. The summed E-state index contributed by atoms with van der Waals surface area (Å²) in [6, 6.07) is 17.1. The van der Waals surface area contributed by atoms with Crippen LogP contribution in [0.5, 0.6) is 5.75 Å². The van der Waals surface area contributed by atoms with Gasteiger partial charge in [-0.05, 0) is 42.8 Å². The van der Waals surface area contributed by atoms with E-state index in [1.807, 2.05) is 6.92 Å². The number of aromatic amines is 1. The maximum atomic E-state index is 13.3. The Bertz CT molecular complexity index is 1570. The number of aromatic carboxylic acids is 1. The molecule has 5 rings (SSSR count). The summed E-state index contributed by atoms with van der Waals surface area (Å²) in [4.78, 5) is 46.6. The minimum Gasteiger partial charge on any atom is -0.507 e. The normalized spacial score (nSPS) is 17.1. The van der Waals surface area contributed by atoms with E-state index in [0.717, 1.165) is 5.56 Å². The van der Waals surface area contributed by atoms with Gasteiger partial charge in [-0.25, -0.2) is 9.78 Å². The molecule has 1 aliphatic rings. The number of aryl methyl sites for hydroxylation is 1. The van der Waals surface area contributed by atoms with E-state index in [0.29, 0.717) is 27.9 Å². The van der Waals surface area contributed by atoms with Gasteiger partial charge in [0.1, 0.15) is 11.5 Å². The highest BCUT2D eigenvalue weighted by Crippen LogP contribution is 2.42. The van der Waals surface area contributed by atoms with Crippen LogP contribution in [-0.4, -0.2) is 45.0 Å². The molecule has 1 fully saturated rings. The van der Waals surface area contributed by atoms with Gasteiger partial charge in [0.15, 0.2) is 0 Å². The molecule has 1 amide bonds. The van der Waals surface area contributed by atoms with Crippen LogP contribution in [-0.2, 0) is 9.59 Å². The smallest absolute Gasteiger partial charge is 0.335 e. The Balaban J connectivity index is 1.72. The van der Waals surface area contributed by atoms with Gasteiger partial charge in [-0.3, -0.25) is 14.5 Å². The fraction of sp³-hybridized carbons (Fsp3) is 0.111. The van der Waals surface area contributed by atoms with Crippen LogP contribution in [0.4, 0.5) is 5.95 Å². The van der Waals surface area contributed by atoms with E-state index in [1.165, 1.54) is 30.2 Å². The molecule has 0 radical (unpaired) electrons. The Morgan fingerprint density at radius 2 is 1.72 bits per heavy atom. The average Bonchev–Trinajstić information content (AvgIpc) is 3.41. The molecule has 3 aromatic carbocycles. The van der Waals surface area contributed by atoms with Crippen LogP contribution in [0, 0.1) is 6.92 Å². The minimum absolute atomic E-state index is 0.0449. The number of fused-ring (bicyclic) bond motifs is 1. The molecule has 2 heterocycles. The lowest BCUT2D eigenvalue weighted by atomic mass is 9.95. The van der Waals surface area contributed by atoms with Gasteiger partial charge in [0.05, 0.1) is 35.3 Å². The number of hydrogen-bond donors (Lipinski definition) is 3. The first kappa shape index (κ1) is 22.9. The summed E-state index contributed by atoms with van der Waals surface area (Å²) in [5.74, 6) is -2.62. The van der Waals surface area contributed by atoms with Gasteiger partial charge in [0, 0.05) is 5.56 Å². The average molecular weight is 483 g/mol. The number of carboxylic acid groups (broad SMARTS) is 1. The molecule has 0 bridgehead atoms. The molecule has 180 valence electrons. The van der Waals surface area contributed by atoms with Gasteiger partial charge < -0.3 is 19.9 Å². The first-order chi connectivity index (χ1) is 17.3. The molecule has 3 N–H and O–H groups in total. The minimum atomic E-state index is -1.11. The summed E-state index contributed by atoms with van der Waals surface area (Å²) in [7, 11) is 1.50. The number of ether oxygens (including phenoxy) is 1. The molecule has 1 aromatic heterocycles. The van der Waals surface area contributed by atoms with E-state index in [4.69, 9.17) is 4.74 Å². The molecule has 0 spiro atoms. The Morgan fingerprint density at radius 3 is 2.42 bits per heavy atom. The standard InChI is InChI=1S/C27H21N3O6/c1-14-6-8-15(9-7-14)23(31)21-22(16-4-3-5-18(12-16)36-2)30(25(33)24(21)32)27-28-19-11-10-17(26(34)35)13-20(19)29-27/h3-13,22,31H,1-2H3,(H,28,29)(H,34,35)/b23-21+. The zero-order valence-electron chi connectivity index (χ0n) is 19.4. The topological polar surface area (TPSA) is 133 Å². The number of carbonyl (C=O) groups excluding carboxylic acids is 2. The number of Topliss-reactive ketones (excluding diaryl/α,β-unsaturated/α-hetero) is 1. The predicted molar refractivity (Wildman–Crippen MR) is 132 cm³/mol. The molecule has 1 saturated heterocycles. The number of aliphatic hydroxyl groups excluding tert-OH is 1. The van der Waals surface area contributed by atoms with Crippen molar-refractivity contribution in [2.24, 2.45) is 0 Å². The van der Waals surface area contributed by atoms with Gasteiger partial charge in [0.25, 0.3) is 5.78 Å². The Hall–Kier alpha value is -4.92. The zero-order valence-corrected chi connectivity index (χ0v) is 19.4. The van der Waals surface area contributed by atoms with Crippen molar-refractivity contribution >= 4 is 40.4 Å². The van der Waals surface area contributed by atoms with Crippen molar-refractivity contribution in [3.8, 4) is 5.75 Å². The first-order valence-electron chi connectivity index (χ1n) is 11.0. The van der Waals surface area contributed by atoms with Crippen LogP contribution in [0.2, 0.25) is 0 Å². The molecule has 4 aromatic rings. The third kappa shape index (κ3) is 3.76. The maximum Gasteiger partial charge on any atom is 0.335 e. The van der Waals surface area contributed by atoms with Gasteiger partial charge >= 0.3 is 11.9 Å². The molecule has 36 heavy (non-hydrogen) atoms. The highest BCUT2D eigenvalue weighted by Gasteiger charge is 2.48. The summed E-state index contributed by atoms with van der Waals surface area (Å²) >= 11 is 0. The predicted octanol–water partition coefficient (Wildman–Crippen LogP) is 4.20. The monoisotopic (exact) mass is 483 g/mol. The zero-order chi connectivity index (χ0) is 25.6. The lowest BCUT2D eigenvalue weighted by Crippen LogP contribution is -2.30. The van der Waals surface area contributed by atoms with E-state index in [-0.39, 0.29) is 22.8 Å². The fourth-order valence-electron chi connectivity index (χ4n) is 4.29. The molecule has 1 unspecified atom stereocenters.